The van der Waals surface area contributed by atoms with E-state index in [1.165, 1.54) is 26.4 Å². The zero-order valence-corrected chi connectivity index (χ0v) is 24.5. The third-order valence-electron chi connectivity index (χ3n) is 7.25. The summed E-state index contributed by atoms with van der Waals surface area (Å²) in [5, 5.41) is 10.4. The van der Waals surface area contributed by atoms with Crippen LogP contribution in [0.5, 0.6) is 11.5 Å². The van der Waals surface area contributed by atoms with Gasteiger partial charge in [0.25, 0.3) is 5.91 Å². The quantitative estimate of drug-likeness (QED) is 0.364. The van der Waals surface area contributed by atoms with Crippen molar-refractivity contribution in [3.05, 3.63) is 30.0 Å². The van der Waals surface area contributed by atoms with Gasteiger partial charge in [-0.15, -0.1) is 0 Å². The molecular formula is C30H44N4O6. The molecule has 2 N–H and O–H groups in total. The number of esters is 1. The fourth-order valence-corrected chi connectivity index (χ4v) is 5.31. The first kappa shape index (κ1) is 31.0. The number of hydrogen-bond acceptors (Lipinski definition) is 7. The Hall–Kier alpha value is -3.56. The van der Waals surface area contributed by atoms with E-state index < -0.39 is 12.0 Å². The monoisotopic (exact) mass is 556 g/mol. The van der Waals surface area contributed by atoms with Gasteiger partial charge in [0.2, 0.25) is 5.91 Å². The molecule has 3 rings (SSSR count). The summed E-state index contributed by atoms with van der Waals surface area (Å²) in [7, 11) is 4.50. The first-order valence-corrected chi connectivity index (χ1v) is 14.2. The van der Waals surface area contributed by atoms with Crippen LogP contribution in [-0.4, -0.2) is 61.5 Å². The largest absolute Gasteiger partial charge is 0.496 e. The number of carbonyl (C=O) groups is 3. The Labute approximate surface area is 237 Å². The molecule has 1 aliphatic rings. The number of aromatic nitrogens is 2. The van der Waals surface area contributed by atoms with Crippen LogP contribution in [-0.2, 0) is 14.3 Å². The number of carbonyl (C=O) groups excluding carboxylic acids is 3. The molecule has 1 heterocycles. The van der Waals surface area contributed by atoms with Gasteiger partial charge in [0.1, 0.15) is 18.0 Å². The number of ether oxygens (including phenoxy) is 3. The van der Waals surface area contributed by atoms with Crippen molar-refractivity contribution in [3.8, 4) is 22.8 Å². The van der Waals surface area contributed by atoms with Crippen LogP contribution in [0.3, 0.4) is 0 Å². The second kappa shape index (κ2) is 15.3. The topological polar surface area (TPSA) is 121 Å². The molecule has 2 aromatic rings. The van der Waals surface area contributed by atoms with Crippen molar-refractivity contribution in [2.45, 2.75) is 83.7 Å². The molecule has 40 heavy (non-hydrogen) atoms. The maximum absolute atomic E-state index is 13.6. The molecule has 0 radical (unpaired) electrons. The molecule has 0 spiro atoms. The highest BCUT2D eigenvalue weighted by Gasteiger charge is 2.27. The van der Waals surface area contributed by atoms with E-state index in [1.807, 2.05) is 36.7 Å². The fourth-order valence-electron chi connectivity index (χ4n) is 5.31. The molecule has 0 saturated heterocycles. The van der Waals surface area contributed by atoms with E-state index >= 15 is 0 Å². The van der Waals surface area contributed by atoms with Crippen LogP contribution in [0.15, 0.2) is 24.3 Å². The maximum atomic E-state index is 13.6. The summed E-state index contributed by atoms with van der Waals surface area (Å²) < 4.78 is 18.0. The molecule has 1 atom stereocenters. The number of amides is 2. The van der Waals surface area contributed by atoms with Crippen molar-refractivity contribution >= 4 is 17.8 Å². The lowest BCUT2D eigenvalue weighted by Gasteiger charge is -2.23. The number of nitrogens with one attached hydrogen (secondary N) is 2. The second-order valence-electron chi connectivity index (χ2n) is 10.8. The lowest BCUT2D eigenvalue weighted by Crippen LogP contribution is -2.41. The minimum absolute atomic E-state index is 0.0391. The molecule has 0 bridgehead atoms. The van der Waals surface area contributed by atoms with Crippen molar-refractivity contribution in [3.63, 3.8) is 0 Å². The maximum Gasteiger partial charge on any atom is 0.325 e. The summed E-state index contributed by atoms with van der Waals surface area (Å²) in [6.07, 6.45) is 8.41. The molecule has 1 fully saturated rings. The number of benzene rings is 1. The molecule has 0 aliphatic heterocycles. The smallest absolute Gasteiger partial charge is 0.325 e. The lowest BCUT2D eigenvalue weighted by atomic mass is 9.96. The molecular weight excluding hydrogens is 512 g/mol. The van der Waals surface area contributed by atoms with Crippen molar-refractivity contribution < 1.29 is 28.6 Å². The van der Waals surface area contributed by atoms with Gasteiger partial charge in [-0.3, -0.25) is 19.1 Å². The second-order valence-corrected chi connectivity index (χ2v) is 10.8. The normalized spacial score (nSPS) is 15.1. The average molecular weight is 557 g/mol. The summed E-state index contributed by atoms with van der Waals surface area (Å²) >= 11 is 0. The van der Waals surface area contributed by atoms with Gasteiger partial charge in [0.15, 0.2) is 5.69 Å². The van der Waals surface area contributed by atoms with Crippen LogP contribution < -0.4 is 20.1 Å². The van der Waals surface area contributed by atoms with E-state index in [4.69, 9.17) is 14.6 Å². The molecule has 1 aromatic heterocycles. The number of hydrogen-bond donors (Lipinski definition) is 2. The number of rotatable bonds is 12. The van der Waals surface area contributed by atoms with Crippen LogP contribution in [0.4, 0.5) is 0 Å². The van der Waals surface area contributed by atoms with Crippen LogP contribution >= 0.6 is 0 Å². The number of methoxy groups -OCH3 is 3. The van der Waals surface area contributed by atoms with E-state index in [-0.39, 0.29) is 42.4 Å². The minimum atomic E-state index is -0.531. The van der Waals surface area contributed by atoms with Crippen LogP contribution in [0.2, 0.25) is 0 Å². The van der Waals surface area contributed by atoms with Crippen LogP contribution in [0.1, 0.15) is 88.2 Å². The highest BCUT2D eigenvalue weighted by atomic mass is 16.5. The summed E-state index contributed by atoms with van der Waals surface area (Å²) in [6, 6.07) is 7.12. The standard InChI is InChI=1S/C30H44N4O6/c1-20(2)16-21(17-27(35)31-19-28(36)40-5)32-30(37)23-18-24(29-25(38-3)14-11-15-26(29)39-4)34(33-23)22-12-9-7-6-8-10-13-22/h11,14-15,18,20-22H,6-10,12-13,16-17,19H2,1-5H3,(H,31,35)(H,32,37)/t21-/m0/s1. The first-order valence-electron chi connectivity index (χ1n) is 14.2. The molecule has 0 unspecified atom stereocenters. The Morgan fingerprint density at radius 1 is 1.00 bits per heavy atom. The molecule has 220 valence electrons. The summed E-state index contributed by atoms with van der Waals surface area (Å²) in [5.41, 5.74) is 1.79. The van der Waals surface area contributed by atoms with Gasteiger partial charge in [-0.1, -0.05) is 52.0 Å². The molecule has 10 nitrogen and oxygen atoms in total. The van der Waals surface area contributed by atoms with E-state index in [0.717, 1.165) is 36.9 Å². The SMILES string of the molecule is COC(=O)CNC(=O)C[C@H](CC(C)C)NC(=O)c1cc(-c2c(OC)cccc2OC)n(C2CCCCCCC2)n1. The van der Waals surface area contributed by atoms with Crippen LogP contribution in [0, 0.1) is 5.92 Å². The number of nitrogens with zero attached hydrogens (tertiary/aromatic N) is 2. The Bertz CT molecular complexity index is 1110. The van der Waals surface area contributed by atoms with Gasteiger partial charge in [-0.05, 0) is 43.4 Å². The Morgan fingerprint density at radius 3 is 2.20 bits per heavy atom. The van der Waals surface area contributed by atoms with E-state index in [2.05, 4.69) is 15.4 Å². The highest BCUT2D eigenvalue weighted by molar-refractivity contribution is 5.94. The predicted molar refractivity (Wildman–Crippen MR) is 152 cm³/mol. The van der Waals surface area contributed by atoms with Gasteiger partial charge in [-0.2, -0.15) is 5.10 Å². The van der Waals surface area contributed by atoms with Gasteiger partial charge in [0, 0.05) is 12.5 Å². The van der Waals surface area contributed by atoms with Crippen molar-refractivity contribution in [2.75, 3.05) is 27.9 Å². The molecule has 1 aliphatic carbocycles. The van der Waals surface area contributed by atoms with E-state index in [0.29, 0.717) is 17.9 Å². The average Bonchev–Trinajstić information content (AvgIpc) is 3.35. The Morgan fingerprint density at radius 2 is 1.62 bits per heavy atom. The fraction of sp³-hybridized carbons (Fsp3) is 0.600. The summed E-state index contributed by atoms with van der Waals surface area (Å²) in [4.78, 5) is 37.5. The summed E-state index contributed by atoms with van der Waals surface area (Å²) in [6.45, 7) is 3.84. The lowest BCUT2D eigenvalue weighted by molar-refractivity contribution is -0.141. The molecule has 1 saturated carbocycles. The van der Waals surface area contributed by atoms with E-state index in [9.17, 15) is 14.4 Å². The highest BCUT2D eigenvalue weighted by Crippen LogP contribution is 2.41. The van der Waals surface area contributed by atoms with E-state index in [1.54, 1.807) is 20.3 Å². The van der Waals surface area contributed by atoms with Crippen molar-refractivity contribution in [2.24, 2.45) is 5.92 Å². The van der Waals surface area contributed by atoms with Gasteiger partial charge in [-0.25, -0.2) is 0 Å². The minimum Gasteiger partial charge on any atom is -0.496 e. The molecule has 2 amide bonds. The predicted octanol–water partition coefficient (Wildman–Crippen LogP) is 4.68. The zero-order valence-electron chi connectivity index (χ0n) is 24.5. The van der Waals surface area contributed by atoms with Crippen LogP contribution in [0.25, 0.3) is 11.3 Å². The van der Waals surface area contributed by atoms with Crippen molar-refractivity contribution in [1.29, 1.82) is 0 Å². The molecule has 10 heteroatoms. The van der Waals surface area contributed by atoms with Gasteiger partial charge >= 0.3 is 5.97 Å². The summed E-state index contributed by atoms with van der Waals surface area (Å²) in [5.74, 6) is 0.287. The third-order valence-corrected chi connectivity index (χ3v) is 7.25. The Balaban J connectivity index is 1.94. The molecule has 1 aromatic carbocycles. The third kappa shape index (κ3) is 8.47. The van der Waals surface area contributed by atoms with Gasteiger partial charge < -0.3 is 24.8 Å². The first-order chi connectivity index (χ1) is 19.3. The Kier molecular flexibility index (Phi) is 11.8. The zero-order chi connectivity index (χ0) is 29.1. The van der Waals surface area contributed by atoms with Crippen molar-refractivity contribution in [1.82, 2.24) is 20.4 Å². The van der Waals surface area contributed by atoms with Gasteiger partial charge in [0.05, 0.1) is 38.6 Å².